The molecule has 1 atom stereocenters. The van der Waals surface area contributed by atoms with E-state index in [-0.39, 0.29) is 17.4 Å². The maximum atomic E-state index is 12.8. The molecule has 29 heavy (non-hydrogen) atoms. The van der Waals surface area contributed by atoms with Crippen LogP contribution < -0.4 is 15.4 Å². The monoisotopic (exact) mass is 394 g/mol. The van der Waals surface area contributed by atoms with Gasteiger partial charge in [-0.25, -0.2) is 0 Å². The van der Waals surface area contributed by atoms with Crippen molar-refractivity contribution in [2.24, 2.45) is 0 Å². The molecule has 2 amide bonds. The molecule has 0 spiro atoms. The Morgan fingerprint density at radius 3 is 2.48 bits per heavy atom. The SMILES string of the molecule is C[C@H](Oc1cccc2c1CCCC2)C(=O)Nc1ccccc1C(=O)NC(C)(C)C. The van der Waals surface area contributed by atoms with Gasteiger partial charge in [-0.2, -0.15) is 0 Å². The second-order valence-corrected chi connectivity index (χ2v) is 8.60. The van der Waals surface area contributed by atoms with Crippen molar-refractivity contribution >= 4 is 17.5 Å². The summed E-state index contributed by atoms with van der Waals surface area (Å²) >= 11 is 0. The Morgan fingerprint density at radius 1 is 1.00 bits per heavy atom. The summed E-state index contributed by atoms with van der Waals surface area (Å²) in [5.74, 6) is 0.275. The van der Waals surface area contributed by atoms with Gasteiger partial charge in [-0.15, -0.1) is 0 Å². The molecule has 0 aliphatic heterocycles. The first-order valence-electron chi connectivity index (χ1n) is 10.2. The number of aryl methyl sites for hydroxylation is 1. The molecule has 0 heterocycles. The molecule has 0 unspecified atom stereocenters. The van der Waals surface area contributed by atoms with E-state index in [0.717, 1.165) is 25.0 Å². The quantitative estimate of drug-likeness (QED) is 0.785. The third-order valence-corrected chi connectivity index (χ3v) is 4.94. The van der Waals surface area contributed by atoms with Gasteiger partial charge >= 0.3 is 0 Å². The van der Waals surface area contributed by atoms with E-state index in [1.54, 1.807) is 31.2 Å². The van der Waals surface area contributed by atoms with E-state index < -0.39 is 6.10 Å². The van der Waals surface area contributed by atoms with Gasteiger partial charge < -0.3 is 15.4 Å². The molecular weight excluding hydrogens is 364 g/mol. The highest BCUT2D eigenvalue weighted by atomic mass is 16.5. The van der Waals surface area contributed by atoms with Crippen LogP contribution >= 0.6 is 0 Å². The van der Waals surface area contributed by atoms with Crippen LogP contribution in [0.3, 0.4) is 0 Å². The number of rotatable bonds is 5. The van der Waals surface area contributed by atoms with Crippen LogP contribution in [0.15, 0.2) is 42.5 Å². The molecule has 0 bridgehead atoms. The molecule has 0 aromatic heterocycles. The first-order valence-corrected chi connectivity index (χ1v) is 10.2. The van der Waals surface area contributed by atoms with E-state index in [0.29, 0.717) is 11.3 Å². The van der Waals surface area contributed by atoms with E-state index >= 15 is 0 Å². The number of para-hydroxylation sites is 1. The summed E-state index contributed by atoms with van der Waals surface area (Å²) in [6, 6.07) is 13.1. The van der Waals surface area contributed by atoms with Crippen molar-refractivity contribution in [3.63, 3.8) is 0 Å². The fraction of sp³-hybridized carbons (Fsp3) is 0.417. The standard InChI is InChI=1S/C24H30N2O3/c1-16(29-21-15-9-11-17-10-5-6-12-18(17)21)22(27)25-20-14-8-7-13-19(20)23(28)26-24(2,3)4/h7-9,11,13-16H,5-6,10,12H2,1-4H3,(H,25,27)(H,26,28)/t16-/m0/s1. The lowest BCUT2D eigenvalue weighted by Crippen LogP contribution is -2.41. The third-order valence-electron chi connectivity index (χ3n) is 4.94. The highest BCUT2D eigenvalue weighted by Crippen LogP contribution is 2.30. The second-order valence-electron chi connectivity index (χ2n) is 8.60. The highest BCUT2D eigenvalue weighted by molar-refractivity contribution is 6.04. The molecule has 0 saturated carbocycles. The largest absolute Gasteiger partial charge is 0.481 e. The predicted octanol–water partition coefficient (Wildman–Crippen LogP) is 4.50. The Labute approximate surface area is 172 Å². The molecular formula is C24H30N2O3. The smallest absolute Gasteiger partial charge is 0.265 e. The van der Waals surface area contributed by atoms with Crippen LogP contribution in [0.25, 0.3) is 0 Å². The first-order chi connectivity index (χ1) is 13.7. The second kappa shape index (κ2) is 8.68. The zero-order chi connectivity index (χ0) is 21.0. The number of hydrogen-bond donors (Lipinski definition) is 2. The zero-order valence-corrected chi connectivity index (χ0v) is 17.7. The molecule has 2 aromatic carbocycles. The van der Waals surface area contributed by atoms with E-state index in [1.807, 2.05) is 32.9 Å². The van der Waals surface area contributed by atoms with Gasteiger partial charge in [0.15, 0.2) is 6.10 Å². The summed E-state index contributed by atoms with van der Waals surface area (Å²) in [4.78, 5) is 25.4. The number of benzene rings is 2. The van der Waals surface area contributed by atoms with Crippen LogP contribution in [-0.4, -0.2) is 23.5 Å². The van der Waals surface area contributed by atoms with Gasteiger partial charge in [0.1, 0.15) is 5.75 Å². The molecule has 0 saturated heterocycles. The molecule has 1 aliphatic carbocycles. The number of hydrogen-bond acceptors (Lipinski definition) is 3. The van der Waals surface area contributed by atoms with Gasteiger partial charge in [0.05, 0.1) is 11.3 Å². The Balaban J connectivity index is 1.72. The van der Waals surface area contributed by atoms with Crippen molar-refractivity contribution in [1.29, 1.82) is 0 Å². The van der Waals surface area contributed by atoms with Gasteiger partial charge in [-0.3, -0.25) is 9.59 Å². The lowest BCUT2D eigenvalue weighted by molar-refractivity contribution is -0.122. The minimum Gasteiger partial charge on any atom is -0.481 e. The lowest BCUT2D eigenvalue weighted by atomic mass is 9.91. The van der Waals surface area contributed by atoms with Crippen LogP contribution in [0, 0.1) is 0 Å². The van der Waals surface area contributed by atoms with Crippen molar-refractivity contribution in [2.75, 3.05) is 5.32 Å². The fourth-order valence-electron chi connectivity index (χ4n) is 3.53. The number of carbonyl (C=O) groups excluding carboxylic acids is 2. The van der Waals surface area contributed by atoms with Crippen molar-refractivity contribution < 1.29 is 14.3 Å². The normalized spacial score (nSPS) is 14.5. The zero-order valence-electron chi connectivity index (χ0n) is 17.7. The van der Waals surface area contributed by atoms with E-state index in [4.69, 9.17) is 4.74 Å². The average Bonchev–Trinajstić information content (AvgIpc) is 2.67. The number of carbonyl (C=O) groups is 2. The molecule has 0 radical (unpaired) electrons. The van der Waals surface area contributed by atoms with E-state index in [2.05, 4.69) is 16.7 Å². The predicted molar refractivity (Wildman–Crippen MR) is 115 cm³/mol. The van der Waals surface area contributed by atoms with Crippen LogP contribution in [-0.2, 0) is 17.6 Å². The topological polar surface area (TPSA) is 67.4 Å². The fourth-order valence-corrected chi connectivity index (χ4v) is 3.53. The third kappa shape index (κ3) is 5.37. The summed E-state index contributed by atoms with van der Waals surface area (Å²) in [6.07, 6.45) is 3.70. The van der Waals surface area contributed by atoms with Crippen molar-refractivity contribution in [1.82, 2.24) is 5.32 Å². The molecule has 154 valence electrons. The summed E-state index contributed by atoms with van der Waals surface area (Å²) in [5.41, 5.74) is 3.07. The first kappa shape index (κ1) is 20.9. The maximum Gasteiger partial charge on any atom is 0.265 e. The molecule has 0 fully saturated rings. The molecule has 3 rings (SSSR count). The molecule has 1 aliphatic rings. The molecule has 5 nitrogen and oxygen atoms in total. The summed E-state index contributed by atoms with van der Waals surface area (Å²) in [7, 11) is 0. The Hall–Kier alpha value is -2.82. The number of fused-ring (bicyclic) bond motifs is 1. The van der Waals surface area contributed by atoms with E-state index in [1.165, 1.54) is 17.5 Å². The van der Waals surface area contributed by atoms with Gasteiger partial charge in [0.2, 0.25) is 0 Å². The van der Waals surface area contributed by atoms with Crippen LogP contribution in [0.2, 0.25) is 0 Å². The van der Waals surface area contributed by atoms with Gasteiger partial charge in [-0.05, 0) is 82.7 Å². The van der Waals surface area contributed by atoms with Gasteiger partial charge in [0.25, 0.3) is 11.8 Å². The average molecular weight is 395 g/mol. The molecule has 5 heteroatoms. The highest BCUT2D eigenvalue weighted by Gasteiger charge is 2.22. The Bertz CT molecular complexity index is 899. The van der Waals surface area contributed by atoms with Gasteiger partial charge in [-0.1, -0.05) is 24.3 Å². The Morgan fingerprint density at radius 2 is 1.72 bits per heavy atom. The minimum atomic E-state index is -0.679. The maximum absolute atomic E-state index is 12.8. The Kier molecular flexibility index (Phi) is 6.26. The van der Waals surface area contributed by atoms with Crippen molar-refractivity contribution in [3.05, 3.63) is 59.2 Å². The van der Waals surface area contributed by atoms with Crippen molar-refractivity contribution in [2.45, 2.75) is 65.0 Å². The van der Waals surface area contributed by atoms with Crippen LogP contribution in [0.5, 0.6) is 5.75 Å². The van der Waals surface area contributed by atoms with Gasteiger partial charge in [0, 0.05) is 5.54 Å². The molecule has 2 aromatic rings. The summed E-state index contributed by atoms with van der Waals surface area (Å²) in [6.45, 7) is 7.49. The number of anilines is 1. The number of nitrogens with one attached hydrogen (secondary N) is 2. The summed E-state index contributed by atoms with van der Waals surface area (Å²) < 4.78 is 6.02. The van der Waals surface area contributed by atoms with Crippen LogP contribution in [0.4, 0.5) is 5.69 Å². The van der Waals surface area contributed by atoms with Crippen molar-refractivity contribution in [3.8, 4) is 5.75 Å². The lowest BCUT2D eigenvalue weighted by Gasteiger charge is -2.23. The van der Waals surface area contributed by atoms with Crippen LogP contribution in [0.1, 0.15) is 62.0 Å². The minimum absolute atomic E-state index is 0.223. The molecule has 2 N–H and O–H groups in total. The van der Waals surface area contributed by atoms with E-state index in [9.17, 15) is 9.59 Å². The number of amides is 2. The summed E-state index contributed by atoms with van der Waals surface area (Å²) in [5, 5.41) is 5.78. The number of ether oxygens (including phenoxy) is 1.